The highest BCUT2D eigenvalue weighted by Crippen LogP contribution is 2.24. The van der Waals surface area contributed by atoms with Crippen LogP contribution in [0.1, 0.15) is 37.7 Å². The van der Waals surface area contributed by atoms with E-state index in [2.05, 4.69) is 35.5 Å². The summed E-state index contributed by atoms with van der Waals surface area (Å²) in [5.41, 5.74) is 1.27. The zero-order valence-corrected chi connectivity index (χ0v) is 13.6. The van der Waals surface area contributed by atoms with Crippen molar-refractivity contribution in [3.8, 4) is 5.75 Å². The summed E-state index contributed by atoms with van der Waals surface area (Å²) in [4.78, 5) is 2.42. The Morgan fingerprint density at radius 2 is 2.05 bits per heavy atom. The Kier molecular flexibility index (Phi) is 7.04. The van der Waals surface area contributed by atoms with Crippen LogP contribution in [0.25, 0.3) is 0 Å². The Morgan fingerprint density at radius 3 is 2.81 bits per heavy atom. The molecule has 0 atom stereocenters. The first kappa shape index (κ1) is 16.3. The molecule has 21 heavy (non-hydrogen) atoms. The Morgan fingerprint density at radius 1 is 1.24 bits per heavy atom. The van der Waals surface area contributed by atoms with E-state index in [1.165, 1.54) is 44.2 Å². The topological polar surface area (TPSA) is 24.5 Å². The zero-order valence-electron chi connectivity index (χ0n) is 13.6. The molecule has 0 amide bonds. The predicted molar refractivity (Wildman–Crippen MR) is 88.8 cm³/mol. The van der Waals surface area contributed by atoms with Crippen LogP contribution in [-0.4, -0.2) is 38.7 Å². The summed E-state index contributed by atoms with van der Waals surface area (Å²) >= 11 is 0. The van der Waals surface area contributed by atoms with Crippen LogP contribution in [-0.2, 0) is 6.54 Å². The number of ether oxygens (including phenoxy) is 1. The fourth-order valence-electron chi connectivity index (χ4n) is 3.17. The molecule has 1 aliphatic rings. The maximum Gasteiger partial charge on any atom is 0.119 e. The van der Waals surface area contributed by atoms with Crippen molar-refractivity contribution in [1.29, 1.82) is 0 Å². The van der Waals surface area contributed by atoms with Crippen molar-refractivity contribution in [2.24, 2.45) is 5.92 Å². The van der Waals surface area contributed by atoms with Crippen molar-refractivity contribution in [1.82, 2.24) is 10.2 Å². The van der Waals surface area contributed by atoms with Crippen LogP contribution in [0.2, 0.25) is 0 Å². The number of nitrogens with one attached hydrogen (secondary N) is 1. The first-order valence-corrected chi connectivity index (χ1v) is 8.33. The average Bonchev–Trinajstić information content (AvgIpc) is 2.49. The number of nitrogens with zero attached hydrogens (tertiary/aromatic N) is 1. The van der Waals surface area contributed by atoms with Gasteiger partial charge < -0.3 is 15.0 Å². The predicted octanol–water partition coefficient (Wildman–Crippen LogP) is 3.30. The molecule has 0 saturated heterocycles. The lowest BCUT2D eigenvalue weighted by molar-refractivity contribution is 0.195. The summed E-state index contributed by atoms with van der Waals surface area (Å²) < 4.78 is 5.88. The summed E-state index contributed by atoms with van der Waals surface area (Å²) in [5.74, 6) is 1.89. The largest absolute Gasteiger partial charge is 0.492 e. The van der Waals surface area contributed by atoms with Crippen molar-refractivity contribution in [2.45, 2.75) is 38.6 Å². The van der Waals surface area contributed by atoms with Gasteiger partial charge in [0.25, 0.3) is 0 Å². The molecule has 0 bridgehead atoms. The lowest BCUT2D eigenvalue weighted by Gasteiger charge is -2.26. The minimum Gasteiger partial charge on any atom is -0.492 e. The minimum atomic E-state index is 0.770. The lowest BCUT2D eigenvalue weighted by atomic mass is 9.89. The fourth-order valence-corrected chi connectivity index (χ4v) is 3.17. The standard InChI is InChI=1S/C18H30N2O/c1-19-14-17-9-6-10-18(13-17)21-12-11-20(2)15-16-7-4-3-5-8-16/h6,9-10,13,16,19H,3-5,7-8,11-12,14-15H2,1-2H3. The zero-order chi connectivity index (χ0) is 14.9. The molecular formula is C18H30N2O. The van der Waals surface area contributed by atoms with Crippen LogP contribution in [0, 0.1) is 5.92 Å². The highest BCUT2D eigenvalue weighted by Gasteiger charge is 2.15. The molecule has 1 N–H and O–H groups in total. The normalized spacial score (nSPS) is 16.3. The molecule has 0 aromatic heterocycles. The SMILES string of the molecule is CNCc1cccc(OCCN(C)CC2CCCCC2)c1. The smallest absolute Gasteiger partial charge is 0.119 e. The van der Waals surface area contributed by atoms with E-state index in [-0.39, 0.29) is 0 Å². The van der Waals surface area contributed by atoms with Crippen LogP contribution in [0.5, 0.6) is 5.75 Å². The number of likely N-dealkylation sites (N-methyl/N-ethyl adjacent to an activating group) is 1. The van der Waals surface area contributed by atoms with Gasteiger partial charge in [-0.05, 0) is 50.6 Å². The summed E-state index contributed by atoms with van der Waals surface area (Å²) in [6.07, 6.45) is 7.11. The van der Waals surface area contributed by atoms with E-state index in [1.807, 2.05) is 13.1 Å². The highest BCUT2D eigenvalue weighted by atomic mass is 16.5. The van der Waals surface area contributed by atoms with Crippen LogP contribution in [0.15, 0.2) is 24.3 Å². The van der Waals surface area contributed by atoms with Crippen LogP contribution >= 0.6 is 0 Å². The highest BCUT2D eigenvalue weighted by molar-refractivity contribution is 5.28. The van der Waals surface area contributed by atoms with Gasteiger partial charge in [-0.2, -0.15) is 0 Å². The second-order valence-electron chi connectivity index (χ2n) is 6.29. The van der Waals surface area contributed by atoms with Gasteiger partial charge in [0, 0.05) is 19.6 Å². The van der Waals surface area contributed by atoms with Gasteiger partial charge in [-0.3, -0.25) is 0 Å². The molecule has 0 heterocycles. The Bertz CT molecular complexity index is 402. The van der Waals surface area contributed by atoms with Gasteiger partial charge in [0.1, 0.15) is 12.4 Å². The summed E-state index contributed by atoms with van der Waals surface area (Å²) in [5, 5.41) is 3.17. The maximum absolute atomic E-state index is 5.88. The number of rotatable bonds is 8. The molecule has 0 radical (unpaired) electrons. The van der Waals surface area contributed by atoms with E-state index < -0.39 is 0 Å². The quantitative estimate of drug-likeness (QED) is 0.795. The van der Waals surface area contributed by atoms with E-state index >= 15 is 0 Å². The van der Waals surface area contributed by atoms with E-state index in [0.29, 0.717) is 0 Å². The molecular weight excluding hydrogens is 260 g/mol. The summed E-state index contributed by atoms with van der Waals surface area (Å²) in [7, 11) is 4.18. The molecule has 0 unspecified atom stereocenters. The molecule has 0 spiro atoms. The van der Waals surface area contributed by atoms with Gasteiger partial charge in [0.2, 0.25) is 0 Å². The van der Waals surface area contributed by atoms with Gasteiger partial charge in [0.15, 0.2) is 0 Å². The second kappa shape index (κ2) is 9.06. The van der Waals surface area contributed by atoms with Crippen molar-refractivity contribution in [3.63, 3.8) is 0 Å². The minimum absolute atomic E-state index is 0.770. The van der Waals surface area contributed by atoms with Crippen molar-refractivity contribution in [3.05, 3.63) is 29.8 Å². The van der Waals surface area contributed by atoms with E-state index in [9.17, 15) is 0 Å². The number of hydrogen-bond donors (Lipinski definition) is 1. The van der Waals surface area contributed by atoms with E-state index in [4.69, 9.17) is 4.74 Å². The average molecular weight is 290 g/mol. The third-order valence-electron chi connectivity index (χ3n) is 4.32. The lowest BCUT2D eigenvalue weighted by Crippen LogP contribution is -2.30. The molecule has 1 aromatic carbocycles. The summed E-state index contributed by atoms with van der Waals surface area (Å²) in [6, 6.07) is 8.35. The Hall–Kier alpha value is -1.06. The van der Waals surface area contributed by atoms with Crippen LogP contribution < -0.4 is 10.1 Å². The Balaban J connectivity index is 1.67. The van der Waals surface area contributed by atoms with Crippen molar-refractivity contribution in [2.75, 3.05) is 33.8 Å². The van der Waals surface area contributed by atoms with Gasteiger partial charge in [-0.25, -0.2) is 0 Å². The molecule has 1 aliphatic carbocycles. The summed E-state index contributed by atoms with van der Waals surface area (Å²) in [6.45, 7) is 3.89. The Labute approximate surface area is 129 Å². The molecule has 1 aromatic rings. The van der Waals surface area contributed by atoms with Gasteiger partial charge in [-0.15, -0.1) is 0 Å². The van der Waals surface area contributed by atoms with E-state index in [1.54, 1.807) is 0 Å². The molecule has 1 saturated carbocycles. The molecule has 0 aliphatic heterocycles. The maximum atomic E-state index is 5.88. The van der Waals surface area contributed by atoms with Gasteiger partial charge >= 0.3 is 0 Å². The van der Waals surface area contributed by atoms with Gasteiger partial charge in [-0.1, -0.05) is 31.4 Å². The van der Waals surface area contributed by atoms with Crippen LogP contribution in [0.3, 0.4) is 0 Å². The van der Waals surface area contributed by atoms with Crippen LogP contribution in [0.4, 0.5) is 0 Å². The first-order valence-electron chi connectivity index (χ1n) is 8.33. The molecule has 3 nitrogen and oxygen atoms in total. The fraction of sp³-hybridized carbons (Fsp3) is 0.667. The molecule has 1 fully saturated rings. The second-order valence-corrected chi connectivity index (χ2v) is 6.29. The van der Waals surface area contributed by atoms with Gasteiger partial charge in [0.05, 0.1) is 0 Å². The van der Waals surface area contributed by atoms with Crippen molar-refractivity contribution >= 4 is 0 Å². The molecule has 2 rings (SSSR count). The molecule has 118 valence electrons. The number of benzene rings is 1. The van der Waals surface area contributed by atoms with E-state index in [0.717, 1.165) is 31.4 Å². The monoisotopic (exact) mass is 290 g/mol. The molecule has 3 heteroatoms. The van der Waals surface area contributed by atoms with Crippen molar-refractivity contribution < 1.29 is 4.74 Å². The third-order valence-corrected chi connectivity index (χ3v) is 4.32. The number of hydrogen-bond acceptors (Lipinski definition) is 3. The third kappa shape index (κ3) is 6.06. The first-order chi connectivity index (χ1) is 10.3.